The van der Waals surface area contributed by atoms with Gasteiger partial charge >= 0.3 is 6.03 Å². The molecular formula is C13H21N5O. The molecule has 1 aromatic heterocycles. The van der Waals surface area contributed by atoms with E-state index in [1.54, 1.807) is 18.5 Å². The lowest BCUT2D eigenvalue weighted by atomic mass is 10.1. The molecule has 1 aliphatic rings. The quantitative estimate of drug-likeness (QED) is 0.858. The molecule has 1 atom stereocenters. The van der Waals surface area contributed by atoms with Gasteiger partial charge in [0.25, 0.3) is 0 Å². The van der Waals surface area contributed by atoms with Crippen LogP contribution in [-0.2, 0) is 0 Å². The number of aromatic nitrogens is 2. The Kier molecular flexibility index (Phi) is 4.54. The maximum Gasteiger partial charge on any atom is 0.315 e. The van der Waals surface area contributed by atoms with E-state index in [4.69, 9.17) is 0 Å². The predicted molar refractivity (Wildman–Crippen MR) is 74.1 cm³/mol. The van der Waals surface area contributed by atoms with Crippen molar-refractivity contribution in [3.63, 3.8) is 0 Å². The van der Waals surface area contributed by atoms with Gasteiger partial charge in [-0.3, -0.25) is 0 Å². The van der Waals surface area contributed by atoms with Crippen molar-refractivity contribution in [3.05, 3.63) is 18.5 Å². The molecule has 2 heterocycles. The van der Waals surface area contributed by atoms with Gasteiger partial charge in [-0.05, 0) is 32.8 Å². The smallest absolute Gasteiger partial charge is 0.315 e. The van der Waals surface area contributed by atoms with Crippen LogP contribution < -0.4 is 15.5 Å². The number of piperidine rings is 1. The molecule has 6 nitrogen and oxygen atoms in total. The Morgan fingerprint density at radius 3 is 2.84 bits per heavy atom. The highest BCUT2D eigenvalue weighted by molar-refractivity contribution is 5.74. The Morgan fingerprint density at radius 1 is 1.42 bits per heavy atom. The van der Waals surface area contributed by atoms with E-state index in [9.17, 15) is 4.79 Å². The molecule has 104 valence electrons. The molecular weight excluding hydrogens is 242 g/mol. The summed E-state index contributed by atoms with van der Waals surface area (Å²) in [6.07, 6.45) is 5.51. The minimum Gasteiger partial charge on any atom is -0.339 e. The summed E-state index contributed by atoms with van der Waals surface area (Å²) in [4.78, 5) is 22.3. The van der Waals surface area contributed by atoms with Crippen LogP contribution in [0.4, 0.5) is 10.7 Å². The van der Waals surface area contributed by atoms with Gasteiger partial charge in [0.1, 0.15) is 0 Å². The van der Waals surface area contributed by atoms with Gasteiger partial charge < -0.3 is 15.5 Å². The van der Waals surface area contributed by atoms with Gasteiger partial charge in [-0.2, -0.15) is 0 Å². The molecule has 0 aromatic carbocycles. The molecule has 1 aromatic rings. The Hall–Kier alpha value is -1.85. The first kappa shape index (κ1) is 13.6. The second-order valence-electron chi connectivity index (χ2n) is 5.11. The number of nitrogens with zero attached hydrogens (tertiary/aromatic N) is 3. The average Bonchev–Trinajstić information content (AvgIpc) is 2.39. The minimum absolute atomic E-state index is 0.101. The maximum atomic E-state index is 11.7. The number of rotatable bonds is 3. The van der Waals surface area contributed by atoms with E-state index in [0.717, 1.165) is 31.9 Å². The average molecular weight is 263 g/mol. The molecule has 2 rings (SSSR count). The number of carbonyl (C=O) groups excluding carboxylic acids is 1. The zero-order valence-corrected chi connectivity index (χ0v) is 11.5. The molecule has 2 amide bonds. The fourth-order valence-electron chi connectivity index (χ4n) is 2.22. The van der Waals surface area contributed by atoms with Crippen LogP contribution in [0.1, 0.15) is 26.7 Å². The van der Waals surface area contributed by atoms with E-state index in [1.807, 2.05) is 13.8 Å². The molecule has 0 bridgehead atoms. The molecule has 19 heavy (non-hydrogen) atoms. The van der Waals surface area contributed by atoms with Crippen LogP contribution in [0.25, 0.3) is 0 Å². The van der Waals surface area contributed by atoms with Crippen LogP contribution in [0, 0.1) is 0 Å². The minimum atomic E-state index is -0.101. The summed E-state index contributed by atoms with van der Waals surface area (Å²) in [7, 11) is 0. The van der Waals surface area contributed by atoms with E-state index in [-0.39, 0.29) is 18.1 Å². The van der Waals surface area contributed by atoms with Gasteiger partial charge in [0, 0.05) is 37.6 Å². The van der Waals surface area contributed by atoms with E-state index < -0.39 is 0 Å². The zero-order valence-electron chi connectivity index (χ0n) is 11.5. The first-order chi connectivity index (χ1) is 9.15. The van der Waals surface area contributed by atoms with Gasteiger partial charge in [-0.1, -0.05) is 0 Å². The number of amides is 2. The van der Waals surface area contributed by atoms with Crippen molar-refractivity contribution >= 4 is 12.0 Å². The number of urea groups is 1. The SMILES string of the molecule is CC(C)NC(=O)NC1CCCN(c2ncccn2)C1. The van der Waals surface area contributed by atoms with Crippen molar-refractivity contribution in [2.45, 2.75) is 38.8 Å². The van der Waals surface area contributed by atoms with Crippen molar-refractivity contribution in [1.29, 1.82) is 0 Å². The zero-order chi connectivity index (χ0) is 13.7. The van der Waals surface area contributed by atoms with Crippen molar-refractivity contribution in [2.75, 3.05) is 18.0 Å². The van der Waals surface area contributed by atoms with Gasteiger partial charge in [0.15, 0.2) is 0 Å². The topological polar surface area (TPSA) is 70.2 Å². The van der Waals surface area contributed by atoms with Gasteiger partial charge in [-0.15, -0.1) is 0 Å². The Balaban J connectivity index is 1.89. The molecule has 0 aliphatic carbocycles. The van der Waals surface area contributed by atoms with Crippen LogP contribution >= 0.6 is 0 Å². The van der Waals surface area contributed by atoms with Gasteiger partial charge in [-0.25, -0.2) is 14.8 Å². The lowest BCUT2D eigenvalue weighted by Gasteiger charge is -2.33. The predicted octanol–water partition coefficient (Wildman–Crippen LogP) is 1.15. The molecule has 0 radical (unpaired) electrons. The standard InChI is InChI=1S/C13H21N5O/c1-10(2)16-13(19)17-11-5-3-8-18(9-11)12-14-6-4-7-15-12/h4,6-7,10-11H,3,5,8-9H2,1-2H3,(H2,16,17,19). The fraction of sp³-hybridized carbons (Fsp3) is 0.615. The third-order valence-electron chi connectivity index (χ3n) is 3.01. The summed E-state index contributed by atoms with van der Waals surface area (Å²) in [6.45, 7) is 5.60. The summed E-state index contributed by atoms with van der Waals surface area (Å²) < 4.78 is 0. The van der Waals surface area contributed by atoms with E-state index in [0.29, 0.717) is 0 Å². The van der Waals surface area contributed by atoms with E-state index >= 15 is 0 Å². The largest absolute Gasteiger partial charge is 0.339 e. The molecule has 6 heteroatoms. The molecule has 0 spiro atoms. The molecule has 1 saturated heterocycles. The first-order valence-corrected chi connectivity index (χ1v) is 6.74. The highest BCUT2D eigenvalue weighted by Crippen LogP contribution is 2.15. The third-order valence-corrected chi connectivity index (χ3v) is 3.01. The van der Waals surface area contributed by atoms with Crippen molar-refractivity contribution in [2.24, 2.45) is 0 Å². The number of hydrogen-bond donors (Lipinski definition) is 2. The monoisotopic (exact) mass is 263 g/mol. The molecule has 1 fully saturated rings. The van der Waals surface area contributed by atoms with Crippen LogP contribution in [0.3, 0.4) is 0 Å². The highest BCUT2D eigenvalue weighted by atomic mass is 16.2. The molecule has 1 aliphatic heterocycles. The summed E-state index contributed by atoms with van der Waals surface area (Å²) in [6, 6.07) is 2.00. The number of hydrogen-bond acceptors (Lipinski definition) is 4. The van der Waals surface area contributed by atoms with Crippen LogP contribution in [0.5, 0.6) is 0 Å². The van der Waals surface area contributed by atoms with E-state index in [1.165, 1.54) is 0 Å². The Bertz CT molecular complexity index is 409. The maximum absolute atomic E-state index is 11.7. The van der Waals surface area contributed by atoms with Crippen LogP contribution in [0.2, 0.25) is 0 Å². The second kappa shape index (κ2) is 6.36. The lowest BCUT2D eigenvalue weighted by Crippen LogP contribution is -2.51. The fourth-order valence-corrected chi connectivity index (χ4v) is 2.22. The van der Waals surface area contributed by atoms with Crippen LogP contribution in [-0.4, -0.2) is 41.2 Å². The summed E-state index contributed by atoms with van der Waals surface area (Å²) >= 11 is 0. The second-order valence-corrected chi connectivity index (χ2v) is 5.11. The molecule has 0 saturated carbocycles. The Morgan fingerprint density at radius 2 is 2.16 bits per heavy atom. The van der Waals surface area contributed by atoms with E-state index in [2.05, 4.69) is 25.5 Å². The number of anilines is 1. The third kappa shape index (κ3) is 4.08. The van der Waals surface area contributed by atoms with Crippen molar-refractivity contribution < 1.29 is 4.79 Å². The molecule has 2 N–H and O–H groups in total. The lowest BCUT2D eigenvalue weighted by molar-refractivity contribution is 0.232. The normalized spacial score (nSPS) is 19.3. The number of nitrogens with one attached hydrogen (secondary N) is 2. The summed E-state index contributed by atoms with van der Waals surface area (Å²) in [5.74, 6) is 0.735. The highest BCUT2D eigenvalue weighted by Gasteiger charge is 2.22. The Labute approximate surface area is 113 Å². The summed E-state index contributed by atoms with van der Waals surface area (Å²) in [5, 5.41) is 5.85. The van der Waals surface area contributed by atoms with Crippen molar-refractivity contribution in [3.8, 4) is 0 Å². The van der Waals surface area contributed by atoms with Crippen molar-refractivity contribution in [1.82, 2.24) is 20.6 Å². The van der Waals surface area contributed by atoms with Gasteiger partial charge in [0.2, 0.25) is 5.95 Å². The van der Waals surface area contributed by atoms with Gasteiger partial charge in [0.05, 0.1) is 0 Å². The summed E-state index contributed by atoms with van der Waals surface area (Å²) in [5.41, 5.74) is 0. The number of carbonyl (C=O) groups is 1. The molecule has 1 unspecified atom stereocenters. The van der Waals surface area contributed by atoms with Crippen LogP contribution in [0.15, 0.2) is 18.5 Å². The first-order valence-electron chi connectivity index (χ1n) is 6.74.